The number of fused-ring (bicyclic) bond motifs is 1. The number of hydrogen-bond donors (Lipinski definition) is 1. The zero-order valence-corrected chi connectivity index (χ0v) is 13.7. The largest absolute Gasteiger partial charge is 0.384 e. The Labute approximate surface area is 146 Å². The minimum Gasteiger partial charge on any atom is -0.384 e. The third-order valence-corrected chi connectivity index (χ3v) is 4.10. The molecule has 6 nitrogen and oxygen atoms in total. The minimum absolute atomic E-state index is 0.375. The van der Waals surface area contributed by atoms with Crippen molar-refractivity contribution in [1.82, 2.24) is 24.7 Å². The molecular weight excluding hydrogens is 347 g/mol. The molecule has 0 aliphatic heterocycles. The highest BCUT2D eigenvalue weighted by Crippen LogP contribution is 2.31. The first-order chi connectivity index (χ1) is 11.6. The van der Waals surface area contributed by atoms with Crippen LogP contribution < -0.4 is 5.73 Å². The predicted molar refractivity (Wildman–Crippen MR) is 94.3 cm³/mol. The van der Waals surface area contributed by atoms with Crippen LogP contribution in [0.25, 0.3) is 28.1 Å². The normalized spacial score (nSPS) is 11.1. The molecule has 0 saturated carbocycles. The first-order valence-electron chi connectivity index (χ1n) is 7.01. The summed E-state index contributed by atoms with van der Waals surface area (Å²) in [4.78, 5) is 12.8. The molecule has 24 heavy (non-hydrogen) atoms. The molecule has 0 amide bonds. The van der Waals surface area contributed by atoms with Crippen LogP contribution in [-0.4, -0.2) is 24.7 Å². The summed E-state index contributed by atoms with van der Waals surface area (Å²) < 4.78 is 1.63. The van der Waals surface area contributed by atoms with Gasteiger partial charge in [-0.05, 0) is 24.3 Å². The van der Waals surface area contributed by atoms with Crippen LogP contribution >= 0.6 is 23.2 Å². The summed E-state index contributed by atoms with van der Waals surface area (Å²) >= 11 is 12.5. The van der Waals surface area contributed by atoms with Crippen molar-refractivity contribution in [3.8, 4) is 17.2 Å². The number of anilines is 1. The SMILES string of the molecule is Nc1ccnc(-c2nccc3nn(-c4c(Cl)cccc4Cl)cc23)n1. The first kappa shape index (κ1) is 14.9. The Bertz CT molecular complexity index is 1040. The summed E-state index contributed by atoms with van der Waals surface area (Å²) in [6.45, 7) is 0. The summed E-state index contributed by atoms with van der Waals surface area (Å²) in [7, 11) is 0. The summed E-state index contributed by atoms with van der Waals surface area (Å²) in [5.41, 5.74) is 7.67. The molecule has 4 rings (SSSR count). The van der Waals surface area contributed by atoms with E-state index in [1.54, 1.807) is 53.6 Å². The summed E-state index contributed by atoms with van der Waals surface area (Å²) in [6.07, 6.45) is 5.04. The van der Waals surface area contributed by atoms with E-state index < -0.39 is 0 Å². The highest BCUT2D eigenvalue weighted by Gasteiger charge is 2.15. The van der Waals surface area contributed by atoms with Gasteiger partial charge >= 0.3 is 0 Å². The van der Waals surface area contributed by atoms with Gasteiger partial charge in [-0.15, -0.1) is 0 Å². The molecule has 3 heterocycles. The van der Waals surface area contributed by atoms with Crippen molar-refractivity contribution >= 4 is 39.9 Å². The number of aromatic nitrogens is 5. The maximum atomic E-state index is 6.27. The standard InChI is InChI=1S/C16H10Cl2N6/c17-10-2-1-3-11(18)15(10)24-8-9-12(23-24)4-6-20-14(9)16-21-7-5-13(19)22-16/h1-8H,(H2,19,21,22). The molecule has 3 aromatic heterocycles. The molecule has 0 saturated heterocycles. The average molecular weight is 357 g/mol. The van der Waals surface area contributed by atoms with Gasteiger partial charge in [0, 0.05) is 24.0 Å². The van der Waals surface area contributed by atoms with Crippen LogP contribution in [0.15, 0.2) is 48.9 Å². The molecule has 1 aromatic carbocycles. The number of rotatable bonds is 2. The van der Waals surface area contributed by atoms with Crippen LogP contribution in [0.3, 0.4) is 0 Å². The van der Waals surface area contributed by atoms with Gasteiger partial charge in [-0.25, -0.2) is 14.6 Å². The smallest absolute Gasteiger partial charge is 0.180 e. The molecule has 0 atom stereocenters. The summed E-state index contributed by atoms with van der Waals surface area (Å²) in [5.74, 6) is 0.811. The minimum atomic E-state index is 0.375. The number of para-hydroxylation sites is 1. The Kier molecular flexibility index (Phi) is 3.55. The molecule has 0 spiro atoms. The molecule has 118 valence electrons. The molecule has 8 heteroatoms. The number of nitrogens with two attached hydrogens (primary N) is 1. The summed E-state index contributed by atoms with van der Waals surface area (Å²) in [6, 6.07) is 8.72. The van der Waals surface area contributed by atoms with E-state index in [1.807, 2.05) is 0 Å². The Morgan fingerprint density at radius 2 is 1.71 bits per heavy atom. The van der Waals surface area contributed by atoms with Crippen LogP contribution in [0.4, 0.5) is 5.82 Å². The van der Waals surface area contributed by atoms with E-state index in [0.717, 1.165) is 10.9 Å². The quantitative estimate of drug-likeness (QED) is 0.591. The third kappa shape index (κ3) is 2.46. The van der Waals surface area contributed by atoms with Crippen molar-refractivity contribution in [2.24, 2.45) is 0 Å². The molecule has 0 aliphatic carbocycles. The van der Waals surface area contributed by atoms with Crippen molar-refractivity contribution in [2.45, 2.75) is 0 Å². The lowest BCUT2D eigenvalue weighted by Gasteiger charge is -2.05. The van der Waals surface area contributed by atoms with Crippen molar-refractivity contribution in [1.29, 1.82) is 0 Å². The van der Waals surface area contributed by atoms with Gasteiger partial charge in [-0.2, -0.15) is 5.10 Å². The van der Waals surface area contributed by atoms with Crippen LogP contribution in [0.2, 0.25) is 10.0 Å². The third-order valence-electron chi connectivity index (χ3n) is 3.49. The van der Waals surface area contributed by atoms with E-state index in [4.69, 9.17) is 28.9 Å². The topological polar surface area (TPSA) is 82.5 Å². The molecule has 0 unspecified atom stereocenters. The molecule has 2 N–H and O–H groups in total. The number of hydrogen-bond acceptors (Lipinski definition) is 5. The fraction of sp³-hybridized carbons (Fsp3) is 0. The van der Waals surface area contributed by atoms with Crippen molar-refractivity contribution in [3.63, 3.8) is 0 Å². The van der Waals surface area contributed by atoms with Gasteiger partial charge in [0.2, 0.25) is 0 Å². The van der Waals surface area contributed by atoms with Gasteiger partial charge in [0.05, 0.1) is 15.6 Å². The molecule has 0 bridgehead atoms. The van der Waals surface area contributed by atoms with Crippen LogP contribution in [0, 0.1) is 0 Å². The molecule has 0 radical (unpaired) electrons. The molecule has 0 fully saturated rings. The van der Waals surface area contributed by atoms with E-state index in [9.17, 15) is 0 Å². The predicted octanol–water partition coefficient (Wildman–Crippen LogP) is 3.77. The van der Waals surface area contributed by atoms with Gasteiger partial charge in [0.1, 0.15) is 17.2 Å². The molecule has 0 aliphatic rings. The van der Waals surface area contributed by atoms with Crippen LogP contribution in [-0.2, 0) is 0 Å². The van der Waals surface area contributed by atoms with Gasteiger partial charge < -0.3 is 5.73 Å². The number of pyridine rings is 1. The first-order valence-corrected chi connectivity index (χ1v) is 7.77. The second-order valence-electron chi connectivity index (χ2n) is 5.04. The monoisotopic (exact) mass is 356 g/mol. The lowest BCUT2D eigenvalue weighted by Crippen LogP contribution is -1.96. The number of nitrogen functional groups attached to an aromatic ring is 1. The fourth-order valence-electron chi connectivity index (χ4n) is 2.43. The van der Waals surface area contributed by atoms with Gasteiger partial charge in [0.15, 0.2) is 5.82 Å². The lowest BCUT2D eigenvalue weighted by molar-refractivity contribution is 0.897. The van der Waals surface area contributed by atoms with Gasteiger partial charge in [0.25, 0.3) is 0 Å². The average Bonchev–Trinajstić information content (AvgIpc) is 2.98. The van der Waals surface area contributed by atoms with Gasteiger partial charge in [-0.3, -0.25) is 4.98 Å². The van der Waals surface area contributed by atoms with Crippen molar-refractivity contribution < 1.29 is 0 Å². The van der Waals surface area contributed by atoms with E-state index >= 15 is 0 Å². The number of benzene rings is 1. The van der Waals surface area contributed by atoms with Crippen molar-refractivity contribution in [2.75, 3.05) is 5.73 Å². The van der Waals surface area contributed by atoms with Gasteiger partial charge in [-0.1, -0.05) is 29.3 Å². The Morgan fingerprint density at radius 3 is 2.46 bits per heavy atom. The fourth-order valence-corrected chi connectivity index (χ4v) is 3.00. The summed E-state index contributed by atoms with van der Waals surface area (Å²) in [5, 5.41) is 6.32. The Hall–Kier alpha value is -2.70. The second-order valence-corrected chi connectivity index (χ2v) is 5.86. The van der Waals surface area contributed by atoms with Crippen LogP contribution in [0.5, 0.6) is 0 Å². The highest BCUT2D eigenvalue weighted by molar-refractivity contribution is 6.37. The zero-order valence-electron chi connectivity index (χ0n) is 12.2. The van der Waals surface area contributed by atoms with E-state index in [1.165, 1.54) is 0 Å². The van der Waals surface area contributed by atoms with E-state index in [2.05, 4.69) is 20.1 Å². The Balaban J connectivity index is 1.95. The maximum Gasteiger partial charge on any atom is 0.180 e. The lowest BCUT2D eigenvalue weighted by atomic mass is 10.2. The zero-order chi connectivity index (χ0) is 16.7. The molecule has 4 aromatic rings. The number of halogens is 2. The number of nitrogens with zero attached hydrogens (tertiary/aromatic N) is 5. The highest BCUT2D eigenvalue weighted by atomic mass is 35.5. The van der Waals surface area contributed by atoms with Crippen molar-refractivity contribution in [3.05, 3.63) is 59.0 Å². The van der Waals surface area contributed by atoms with Crippen LogP contribution in [0.1, 0.15) is 0 Å². The second kappa shape index (κ2) is 5.74. The maximum absolute atomic E-state index is 6.27. The van der Waals surface area contributed by atoms with E-state index in [-0.39, 0.29) is 0 Å². The Morgan fingerprint density at radius 1 is 0.958 bits per heavy atom. The van der Waals surface area contributed by atoms with E-state index in [0.29, 0.717) is 33.1 Å². The molecular formula is C16H10Cl2N6.